The molecule has 0 aromatic heterocycles. The smallest absolute Gasteiger partial charge is 0.303 e. The third-order valence-corrected chi connectivity index (χ3v) is 3.22. The first-order valence-electron chi connectivity index (χ1n) is 8.59. The summed E-state index contributed by atoms with van der Waals surface area (Å²) in [6, 6.07) is 0. The molecule has 0 saturated carbocycles. The van der Waals surface area contributed by atoms with E-state index in [0.29, 0.717) is 0 Å². The molecule has 23 heavy (non-hydrogen) atoms. The number of hydrogen-bond acceptors (Lipinski definition) is 1. The van der Waals surface area contributed by atoms with E-state index in [9.17, 15) is 4.79 Å². The van der Waals surface area contributed by atoms with Crippen LogP contribution in [0.2, 0.25) is 0 Å². The van der Waals surface area contributed by atoms with Crippen molar-refractivity contribution in [2.45, 2.75) is 71.1 Å². The Kier molecular flexibility index (Phi) is 22.2. The van der Waals surface area contributed by atoms with Crippen molar-refractivity contribution >= 4 is 24.8 Å². The van der Waals surface area contributed by atoms with Gasteiger partial charge >= 0.3 is 5.97 Å². The number of unbranched alkanes of at least 4 members (excludes halogenated alkanes) is 4. The van der Waals surface area contributed by atoms with Gasteiger partial charge in [0.05, 0.1) is 0 Å². The molecule has 0 aliphatic heterocycles. The summed E-state index contributed by atoms with van der Waals surface area (Å²) in [6.07, 6.45) is 27.3. The van der Waals surface area contributed by atoms with Gasteiger partial charge in [0, 0.05) is 25.3 Å². The topological polar surface area (TPSA) is 37.3 Å². The van der Waals surface area contributed by atoms with Crippen LogP contribution in [0.1, 0.15) is 71.1 Å². The number of carboxylic acids is 1. The van der Waals surface area contributed by atoms with Crippen LogP contribution in [-0.4, -0.2) is 29.9 Å². The molecule has 0 aliphatic carbocycles. The van der Waals surface area contributed by atoms with Crippen LogP contribution in [-0.2, 0) is 4.79 Å². The van der Waals surface area contributed by atoms with Crippen molar-refractivity contribution in [2.75, 3.05) is 0 Å². The van der Waals surface area contributed by atoms with Crippen molar-refractivity contribution in [1.29, 1.82) is 0 Å². The zero-order valence-corrected chi connectivity index (χ0v) is 15.0. The molecular formula is C20H32LiO2. The first-order valence-corrected chi connectivity index (χ1v) is 8.59. The summed E-state index contributed by atoms with van der Waals surface area (Å²) in [4.78, 5) is 10.3. The van der Waals surface area contributed by atoms with Crippen molar-refractivity contribution in [1.82, 2.24) is 0 Å². The minimum Gasteiger partial charge on any atom is -0.481 e. The molecule has 1 N–H and O–H groups in total. The zero-order valence-electron chi connectivity index (χ0n) is 15.0. The van der Waals surface area contributed by atoms with Gasteiger partial charge in [-0.25, -0.2) is 0 Å². The Hall–Kier alpha value is -0.973. The van der Waals surface area contributed by atoms with Crippen LogP contribution in [0.4, 0.5) is 0 Å². The molecule has 125 valence electrons. The van der Waals surface area contributed by atoms with Gasteiger partial charge in [-0.3, -0.25) is 4.79 Å². The Morgan fingerprint density at radius 1 is 0.739 bits per heavy atom. The molecule has 1 radical (unpaired) electrons. The van der Waals surface area contributed by atoms with Crippen LogP contribution in [0, 0.1) is 0 Å². The van der Waals surface area contributed by atoms with E-state index in [1.165, 1.54) is 25.7 Å². The summed E-state index contributed by atoms with van der Waals surface area (Å²) in [6.45, 7) is 2.23. The van der Waals surface area contributed by atoms with E-state index in [4.69, 9.17) is 5.11 Å². The van der Waals surface area contributed by atoms with Crippen molar-refractivity contribution < 1.29 is 9.90 Å². The zero-order chi connectivity index (χ0) is 16.3. The van der Waals surface area contributed by atoms with Crippen molar-refractivity contribution in [3.05, 3.63) is 48.6 Å². The summed E-state index contributed by atoms with van der Waals surface area (Å²) in [7, 11) is 0. The molecular weight excluding hydrogens is 279 g/mol. The number of rotatable bonds is 14. The first-order chi connectivity index (χ1) is 10.8. The SMILES string of the molecule is CCCCCC=CCC=CCC=CCC=CCCCC(=O)O.[Li]. The monoisotopic (exact) mass is 311 g/mol. The Bertz CT molecular complexity index is 368. The fraction of sp³-hybridized carbons (Fsp3) is 0.550. The molecule has 0 heterocycles. The molecule has 0 unspecified atom stereocenters. The predicted molar refractivity (Wildman–Crippen MR) is 102 cm³/mol. The second kappa shape index (κ2) is 21.0. The third kappa shape index (κ3) is 23.4. The Morgan fingerprint density at radius 3 is 1.61 bits per heavy atom. The predicted octanol–water partition coefficient (Wildman–Crippen LogP) is 5.84. The fourth-order valence-corrected chi connectivity index (χ4v) is 1.93. The normalized spacial score (nSPS) is 11.9. The summed E-state index contributed by atoms with van der Waals surface area (Å²) < 4.78 is 0. The largest absolute Gasteiger partial charge is 0.481 e. The van der Waals surface area contributed by atoms with Gasteiger partial charge in [0.15, 0.2) is 0 Å². The maximum Gasteiger partial charge on any atom is 0.303 e. The quantitative estimate of drug-likeness (QED) is 0.249. The maximum absolute atomic E-state index is 10.3. The third-order valence-electron chi connectivity index (χ3n) is 3.22. The van der Waals surface area contributed by atoms with E-state index in [2.05, 4.69) is 55.5 Å². The molecule has 0 aromatic rings. The molecule has 0 aliphatic rings. The Labute approximate surface area is 154 Å². The number of carboxylic acid groups (broad SMARTS) is 1. The minimum atomic E-state index is -0.712. The molecule has 0 bridgehead atoms. The average molecular weight is 311 g/mol. The Morgan fingerprint density at radius 2 is 1.17 bits per heavy atom. The molecule has 2 nitrogen and oxygen atoms in total. The molecule has 0 fully saturated rings. The van der Waals surface area contributed by atoms with Gasteiger partial charge in [-0.1, -0.05) is 68.4 Å². The van der Waals surface area contributed by atoms with Crippen LogP contribution in [0.25, 0.3) is 0 Å². The summed E-state index contributed by atoms with van der Waals surface area (Å²) in [5, 5.41) is 8.49. The van der Waals surface area contributed by atoms with Gasteiger partial charge in [-0.15, -0.1) is 0 Å². The van der Waals surface area contributed by atoms with E-state index in [1.54, 1.807) is 0 Å². The number of allylic oxidation sites excluding steroid dienone is 8. The Balaban J connectivity index is 0. The molecule has 0 aromatic carbocycles. The number of carbonyl (C=O) groups is 1. The van der Waals surface area contributed by atoms with Gasteiger partial charge in [0.25, 0.3) is 0 Å². The van der Waals surface area contributed by atoms with Gasteiger partial charge in [-0.2, -0.15) is 0 Å². The minimum absolute atomic E-state index is 0. The van der Waals surface area contributed by atoms with Crippen LogP contribution >= 0.6 is 0 Å². The van der Waals surface area contributed by atoms with Crippen LogP contribution in [0.15, 0.2) is 48.6 Å². The van der Waals surface area contributed by atoms with E-state index in [-0.39, 0.29) is 25.3 Å². The summed E-state index contributed by atoms with van der Waals surface area (Å²) >= 11 is 0. The van der Waals surface area contributed by atoms with Crippen molar-refractivity contribution in [3.63, 3.8) is 0 Å². The van der Waals surface area contributed by atoms with E-state index in [1.807, 2.05) is 0 Å². The summed E-state index contributed by atoms with van der Waals surface area (Å²) in [5.74, 6) is -0.712. The van der Waals surface area contributed by atoms with E-state index >= 15 is 0 Å². The van der Waals surface area contributed by atoms with Crippen LogP contribution in [0.5, 0.6) is 0 Å². The van der Waals surface area contributed by atoms with Crippen LogP contribution in [0.3, 0.4) is 0 Å². The van der Waals surface area contributed by atoms with Crippen LogP contribution < -0.4 is 0 Å². The number of hydrogen-bond donors (Lipinski definition) is 1. The standard InChI is InChI=1S/C20H32O2.Li/c1-2-3-4-5-6-7-8-9-10-11-12-13-14-15-16-17-18-19-20(21)22;/h6-7,9-10,12-13,15-16H,2-5,8,11,14,17-19H2,1H3,(H,21,22);. The van der Waals surface area contributed by atoms with Gasteiger partial charge in [0.2, 0.25) is 0 Å². The molecule has 0 rings (SSSR count). The average Bonchev–Trinajstić information content (AvgIpc) is 2.50. The van der Waals surface area contributed by atoms with Crippen molar-refractivity contribution in [2.24, 2.45) is 0 Å². The van der Waals surface area contributed by atoms with Gasteiger partial charge < -0.3 is 5.11 Å². The van der Waals surface area contributed by atoms with Gasteiger partial charge in [0.1, 0.15) is 0 Å². The van der Waals surface area contributed by atoms with E-state index < -0.39 is 5.97 Å². The molecule has 0 spiro atoms. The second-order valence-electron chi connectivity index (χ2n) is 5.37. The molecule has 0 atom stereocenters. The molecule has 0 saturated heterocycles. The maximum atomic E-state index is 10.3. The summed E-state index contributed by atoms with van der Waals surface area (Å²) in [5.41, 5.74) is 0. The van der Waals surface area contributed by atoms with Gasteiger partial charge in [-0.05, 0) is 44.9 Å². The van der Waals surface area contributed by atoms with Crippen molar-refractivity contribution in [3.8, 4) is 0 Å². The molecule has 3 heteroatoms. The molecule has 0 amide bonds. The first kappa shape index (κ1) is 24.3. The number of aliphatic carboxylic acids is 1. The second-order valence-corrected chi connectivity index (χ2v) is 5.37. The fourth-order valence-electron chi connectivity index (χ4n) is 1.93. The van der Waals surface area contributed by atoms with E-state index in [0.717, 1.165) is 32.1 Å².